The molecule has 0 radical (unpaired) electrons. The Labute approximate surface area is 91.6 Å². The summed E-state index contributed by atoms with van der Waals surface area (Å²) >= 11 is 0. The predicted molar refractivity (Wildman–Crippen MR) is 60.8 cm³/mol. The van der Waals surface area contributed by atoms with Crippen LogP contribution in [0.1, 0.15) is 39.5 Å². The van der Waals surface area contributed by atoms with Crippen LogP contribution in [0.15, 0.2) is 12.2 Å². The SMILES string of the molecule is CC1(C)CCC(NC/C=C/C(=O)O)CC1. The summed E-state index contributed by atoms with van der Waals surface area (Å²) < 4.78 is 0. The van der Waals surface area contributed by atoms with Gasteiger partial charge in [-0.3, -0.25) is 0 Å². The van der Waals surface area contributed by atoms with E-state index in [9.17, 15) is 4.79 Å². The zero-order valence-electron chi connectivity index (χ0n) is 9.62. The van der Waals surface area contributed by atoms with Gasteiger partial charge in [-0.05, 0) is 31.1 Å². The van der Waals surface area contributed by atoms with E-state index in [4.69, 9.17) is 5.11 Å². The second-order valence-electron chi connectivity index (χ2n) is 5.09. The van der Waals surface area contributed by atoms with Crippen LogP contribution in [-0.4, -0.2) is 23.7 Å². The molecule has 0 aliphatic heterocycles. The number of carboxylic acids is 1. The molecule has 2 N–H and O–H groups in total. The van der Waals surface area contributed by atoms with Gasteiger partial charge in [0.25, 0.3) is 0 Å². The van der Waals surface area contributed by atoms with Crippen molar-refractivity contribution in [2.24, 2.45) is 5.41 Å². The number of hydrogen-bond donors (Lipinski definition) is 2. The average Bonchev–Trinajstić information content (AvgIpc) is 2.14. The highest BCUT2D eigenvalue weighted by atomic mass is 16.4. The van der Waals surface area contributed by atoms with Gasteiger partial charge in [0.2, 0.25) is 0 Å². The third-order valence-electron chi connectivity index (χ3n) is 3.12. The largest absolute Gasteiger partial charge is 0.478 e. The zero-order valence-corrected chi connectivity index (χ0v) is 9.62. The second kappa shape index (κ2) is 5.31. The van der Waals surface area contributed by atoms with Crippen LogP contribution in [0.5, 0.6) is 0 Å². The number of rotatable bonds is 4. The van der Waals surface area contributed by atoms with Crippen molar-refractivity contribution in [3.63, 3.8) is 0 Å². The van der Waals surface area contributed by atoms with Crippen molar-refractivity contribution in [2.75, 3.05) is 6.54 Å². The molecule has 0 aromatic rings. The fourth-order valence-corrected chi connectivity index (χ4v) is 2.00. The minimum atomic E-state index is -0.874. The molecule has 0 spiro atoms. The highest BCUT2D eigenvalue weighted by Crippen LogP contribution is 2.34. The van der Waals surface area contributed by atoms with Crippen LogP contribution in [0.2, 0.25) is 0 Å². The van der Waals surface area contributed by atoms with Gasteiger partial charge in [-0.25, -0.2) is 4.79 Å². The standard InChI is InChI=1S/C12H21NO2/c1-12(2)7-5-10(6-8-12)13-9-3-4-11(14)15/h3-4,10,13H,5-9H2,1-2H3,(H,14,15)/b4-3+. The number of carboxylic acid groups (broad SMARTS) is 1. The topological polar surface area (TPSA) is 49.3 Å². The van der Waals surface area contributed by atoms with Crippen LogP contribution in [-0.2, 0) is 4.79 Å². The smallest absolute Gasteiger partial charge is 0.328 e. The Bertz CT molecular complexity index is 236. The molecular formula is C12H21NO2. The maximum Gasteiger partial charge on any atom is 0.328 e. The van der Waals surface area contributed by atoms with Crippen molar-refractivity contribution in [2.45, 2.75) is 45.6 Å². The van der Waals surface area contributed by atoms with Crippen LogP contribution in [0.25, 0.3) is 0 Å². The van der Waals surface area contributed by atoms with E-state index in [-0.39, 0.29) is 0 Å². The van der Waals surface area contributed by atoms with Crippen LogP contribution in [0.3, 0.4) is 0 Å². The average molecular weight is 211 g/mol. The Hall–Kier alpha value is -0.830. The van der Waals surface area contributed by atoms with Crippen molar-refractivity contribution < 1.29 is 9.90 Å². The van der Waals surface area contributed by atoms with E-state index in [0.717, 1.165) is 0 Å². The van der Waals surface area contributed by atoms with Crippen molar-refractivity contribution in [3.05, 3.63) is 12.2 Å². The molecule has 1 aliphatic carbocycles. The molecule has 0 aromatic carbocycles. The summed E-state index contributed by atoms with van der Waals surface area (Å²) in [6.45, 7) is 5.29. The first kappa shape index (κ1) is 12.2. The fraction of sp³-hybridized carbons (Fsp3) is 0.750. The van der Waals surface area contributed by atoms with Crippen LogP contribution < -0.4 is 5.32 Å². The van der Waals surface area contributed by atoms with Crippen molar-refractivity contribution in [3.8, 4) is 0 Å². The monoisotopic (exact) mass is 211 g/mol. The van der Waals surface area contributed by atoms with E-state index >= 15 is 0 Å². The highest BCUT2D eigenvalue weighted by Gasteiger charge is 2.25. The second-order valence-corrected chi connectivity index (χ2v) is 5.09. The number of hydrogen-bond acceptors (Lipinski definition) is 2. The minimum Gasteiger partial charge on any atom is -0.478 e. The van der Waals surface area contributed by atoms with Gasteiger partial charge in [-0.1, -0.05) is 19.9 Å². The molecule has 3 nitrogen and oxygen atoms in total. The van der Waals surface area contributed by atoms with Crippen LogP contribution in [0.4, 0.5) is 0 Å². The first-order valence-corrected chi connectivity index (χ1v) is 5.62. The lowest BCUT2D eigenvalue weighted by atomic mass is 9.75. The van der Waals surface area contributed by atoms with Gasteiger partial charge in [0.15, 0.2) is 0 Å². The van der Waals surface area contributed by atoms with Gasteiger partial charge >= 0.3 is 5.97 Å². The van der Waals surface area contributed by atoms with Crippen molar-refractivity contribution in [1.82, 2.24) is 5.32 Å². The molecule has 0 bridgehead atoms. The molecule has 0 atom stereocenters. The quantitative estimate of drug-likeness (QED) is 0.701. The van der Waals surface area contributed by atoms with Gasteiger partial charge in [-0.2, -0.15) is 0 Å². The van der Waals surface area contributed by atoms with E-state index in [1.165, 1.54) is 31.8 Å². The molecule has 3 heteroatoms. The predicted octanol–water partition coefficient (Wildman–Crippen LogP) is 2.19. The van der Waals surface area contributed by atoms with Crippen molar-refractivity contribution in [1.29, 1.82) is 0 Å². The maximum atomic E-state index is 10.2. The molecule has 1 aliphatic rings. The molecule has 1 saturated carbocycles. The Morgan fingerprint density at radius 2 is 2.07 bits per heavy atom. The summed E-state index contributed by atoms with van der Waals surface area (Å²) in [5, 5.41) is 11.8. The number of aliphatic carboxylic acids is 1. The van der Waals surface area contributed by atoms with Crippen molar-refractivity contribution >= 4 is 5.97 Å². The van der Waals surface area contributed by atoms with E-state index < -0.39 is 5.97 Å². The molecule has 0 unspecified atom stereocenters. The molecule has 86 valence electrons. The zero-order chi connectivity index (χ0) is 11.3. The first-order chi connectivity index (χ1) is 6.99. The molecule has 1 fully saturated rings. The summed E-state index contributed by atoms with van der Waals surface area (Å²) in [4.78, 5) is 10.2. The molecule has 0 saturated heterocycles. The van der Waals surface area contributed by atoms with Crippen LogP contribution >= 0.6 is 0 Å². The third-order valence-corrected chi connectivity index (χ3v) is 3.12. The fourth-order valence-electron chi connectivity index (χ4n) is 2.00. The Kier molecular flexibility index (Phi) is 4.33. The Balaban J connectivity index is 2.16. The number of nitrogens with one attached hydrogen (secondary N) is 1. The maximum absolute atomic E-state index is 10.2. The van der Waals surface area contributed by atoms with E-state index in [1.807, 2.05) is 0 Å². The third kappa shape index (κ3) is 4.98. The van der Waals surface area contributed by atoms with Gasteiger partial charge in [-0.15, -0.1) is 0 Å². The van der Waals surface area contributed by atoms with Crippen LogP contribution in [0, 0.1) is 5.41 Å². The summed E-state index contributed by atoms with van der Waals surface area (Å²) in [5.74, 6) is -0.874. The lowest BCUT2D eigenvalue weighted by molar-refractivity contribution is -0.131. The normalized spacial score (nSPS) is 22.0. The molecule has 0 aromatic heterocycles. The molecular weight excluding hydrogens is 190 g/mol. The molecule has 0 heterocycles. The summed E-state index contributed by atoms with van der Waals surface area (Å²) in [6, 6.07) is 0.566. The number of carbonyl (C=O) groups is 1. The van der Waals surface area contributed by atoms with E-state index in [1.54, 1.807) is 6.08 Å². The summed E-state index contributed by atoms with van der Waals surface area (Å²) in [7, 11) is 0. The summed E-state index contributed by atoms with van der Waals surface area (Å²) in [5.41, 5.74) is 0.495. The van der Waals surface area contributed by atoms with Gasteiger partial charge in [0.1, 0.15) is 0 Å². The Morgan fingerprint density at radius 1 is 1.47 bits per heavy atom. The minimum absolute atomic E-state index is 0.495. The van der Waals surface area contributed by atoms with E-state index in [2.05, 4.69) is 19.2 Å². The van der Waals surface area contributed by atoms with Gasteiger partial charge in [0.05, 0.1) is 0 Å². The molecule has 15 heavy (non-hydrogen) atoms. The molecule has 1 rings (SSSR count). The lowest BCUT2D eigenvalue weighted by Crippen LogP contribution is -2.35. The van der Waals surface area contributed by atoms with Gasteiger partial charge in [0, 0.05) is 18.7 Å². The molecule has 0 amide bonds. The van der Waals surface area contributed by atoms with Gasteiger partial charge < -0.3 is 10.4 Å². The van der Waals surface area contributed by atoms with E-state index in [0.29, 0.717) is 18.0 Å². The first-order valence-electron chi connectivity index (χ1n) is 5.62. The lowest BCUT2D eigenvalue weighted by Gasteiger charge is -2.34. The Morgan fingerprint density at radius 3 is 2.60 bits per heavy atom. The summed E-state index contributed by atoms with van der Waals surface area (Å²) in [6.07, 6.45) is 7.78. The highest BCUT2D eigenvalue weighted by molar-refractivity contribution is 5.79.